The van der Waals surface area contributed by atoms with Crippen LogP contribution in [0.4, 0.5) is 0 Å². The minimum Gasteiger partial charge on any atom is -0.256 e. The molecule has 0 aliphatic heterocycles. The zero-order valence-electron chi connectivity index (χ0n) is 9.03. The summed E-state index contributed by atoms with van der Waals surface area (Å²) in [6.07, 6.45) is 3.10. The highest BCUT2D eigenvalue weighted by Gasteiger charge is 2.02. The average Bonchev–Trinajstić information content (AvgIpc) is 2.15. The zero-order chi connectivity index (χ0) is 11.3. The van der Waals surface area contributed by atoms with Crippen LogP contribution in [0, 0.1) is 0 Å². The van der Waals surface area contributed by atoms with E-state index in [2.05, 4.69) is 16.6 Å². The fraction of sp³-hybridized carbons (Fsp3) is 0.500. The van der Waals surface area contributed by atoms with Crippen LogP contribution in [0.25, 0.3) is 0 Å². The number of aryl methyl sites for hydroxylation is 1. The molecule has 0 spiro atoms. The summed E-state index contributed by atoms with van der Waals surface area (Å²) in [5.74, 6) is 0. The highest BCUT2D eigenvalue weighted by Crippen LogP contribution is 2.02. The largest absolute Gasteiger partial charge is 0.256 e. The minimum absolute atomic E-state index is 0.260. The summed E-state index contributed by atoms with van der Waals surface area (Å²) >= 11 is 0. The summed E-state index contributed by atoms with van der Waals surface area (Å²) in [5, 5.41) is 0. The van der Waals surface area contributed by atoms with Crippen molar-refractivity contribution >= 4 is 10.0 Å². The van der Waals surface area contributed by atoms with Crippen LogP contribution >= 0.6 is 0 Å². The molecule has 1 rings (SSSR count). The molecule has 1 aromatic heterocycles. The quantitative estimate of drug-likeness (QED) is 0.820. The Morgan fingerprint density at radius 3 is 2.60 bits per heavy atom. The summed E-state index contributed by atoms with van der Waals surface area (Å²) < 4.78 is 24.2. The number of pyridine rings is 1. The number of hydrogen-bond acceptors (Lipinski definition) is 3. The van der Waals surface area contributed by atoms with E-state index in [1.54, 1.807) is 0 Å². The van der Waals surface area contributed by atoms with Gasteiger partial charge in [-0.3, -0.25) is 4.98 Å². The molecule has 4 nitrogen and oxygen atoms in total. The molecule has 0 atom stereocenters. The molecule has 0 aromatic carbocycles. The van der Waals surface area contributed by atoms with Gasteiger partial charge in [0.05, 0.1) is 18.5 Å². The van der Waals surface area contributed by atoms with Gasteiger partial charge in [-0.1, -0.05) is 19.4 Å². The van der Waals surface area contributed by atoms with Crippen LogP contribution in [0.5, 0.6) is 0 Å². The van der Waals surface area contributed by atoms with Crippen LogP contribution in [0.2, 0.25) is 0 Å². The van der Waals surface area contributed by atoms with Crippen LogP contribution in [0.3, 0.4) is 0 Å². The Morgan fingerprint density at radius 2 is 2.00 bits per heavy atom. The number of rotatable bonds is 5. The Morgan fingerprint density at radius 1 is 1.33 bits per heavy atom. The lowest BCUT2D eigenvalue weighted by Gasteiger charge is -2.04. The van der Waals surface area contributed by atoms with E-state index in [4.69, 9.17) is 0 Å². The lowest BCUT2D eigenvalue weighted by Crippen LogP contribution is -2.21. The summed E-state index contributed by atoms with van der Waals surface area (Å²) in [7, 11) is -3.14. The van der Waals surface area contributed by atoms with E-state index in [1.165, 1.54) is 0 Å². The van der Waals surface area contributed by atoms with E-state index in [0.717, 1.165) is 30.5 Å². The highest BCUT2D eigenvalue weighted by atomic mass is 32.2. The van der Waals surface area contributed by atoms with Gasteiger partial charge in [0.25, 0.3) is 0 Å². The number of aromatic nitrogens is 1. The van der Waals surface area contributed by atoms with Gasteiger partial charge < -0.3 is 0 Å². The SMILES string of the molecule is CCCc1cccc(CNS(C)(=O)=O)n1. The Balaban J connectivity index is 2.65. The molecule has 0 saturated heterocycles. The first kappa shape index (κ1) is 12.1. The van der Waals surface area contributed by atoms with E-state index >= 15 is 0 Å². The van der Waals surface area contributed by atoms with E-state index in [1.807, 2.05) is 18.2 Å². The lowest BCUT2D eigenvalue weighted by molar-refractivity contribution is 0.586. The number of hydrogen-bond donors (Lipinski definition) is 1. The van der Waals surface area contributed by atoms with Crippen LogP contribution < -0.4 is 4.72 Å². The molecule has 0 fully saturated rings. The third kappa shape index (κ3) is 4.90. The molecule has 0 bridgehead atoms. The maximum atomic E-state index is 10.9. The standard InChI is InChI=1S/C10H16N2O2S/c1-3-5-9-6-4-7-10(12-9)8-11-15(2,13)14/h4,6-7,11H,3,5,8H2,1-2H3. The van der Waals surface area contributed by atoms with Crippen molar-refractivity contribution in [2.45, 2.75) is 26.3 Å². The first-order valence-corrected chi connectivity index (χ1v) is 6.80. The Kier molecular flexibility index (Phi) is 4.23. The lowest BCUT2D eigenvalue weighted by atomic mass is 10.2. The van der Waals surface area contributed by atoms with Gasteiger partial charge in [-0.25, -0.2) is 13.1 Å². The Labute approximate surface area is 90.8 Å². The summed E-state index contributed by atoms with van der Waals surface area (Å²) in [6.45, 7) is 2.35. The maximum absolute atomic E-state index is 10.9. The van der Waals surface area contributed by atoms with Gasteiger partial charge in [0.1, 0.15) is 0 Å². The van der Waals surface area contributed by atoms with E-state index < -0.39 is 10.0 Å². The van der Waals surface area contributed by atoms with Crippen molar-refractivity contribution in [3.05, 3.63) is 29.6 Å². The van der Waals surface area contributed by atoms with Gasteiger partial charge >= 0.3 is 0 Å². The minimum atomic E-state index is -3.14. The molecule has 0 unspecified atom stereocenters. The molecule has 1 N–H and O–H groups in total. The molecule has 15 heavy (non-hydrogen) atoms. The number of nitrogens with zero attached hydrogens (tertiary/aromatic N) is 1. The van der Waals surface area contributed by atoms with Gasteiger partial charge in [0.15, 0.2) is 0 Å². The van der Waals surface area contributed by atoms with Crippen molar-refractivity contribution in [2.24, 2.45) is 0 Å². The van der Waals surface area contributed by atoms with E-state index in [9.17, 15) is 8.42 Å². The fourth-order valence-electron chi connectivity index (χ4n) is 1.23. The topological polar surface area (TPSA) is 59.1 Å². The van der Waals surface area contributed by atoms with Crippen molar-refractivity contribution in [2.75, 3.05) is 6.26 Å². The molecule has 0 saturated carbocycles. The van der Waals surface area contributed by atoms with Crippen LogP contribution in [-0.4, -0.2) is 19.7 Å². The van der Waals surface area contributed by atoms with Gasteiger partial charge in [-0.05, 0) is 18.6 Å². The predicted molar refractivity (Wildman–Crippen MR) is 59.9 cm³/mol. The monoisotopic (exact) mass is 228 g/mol. The van der Waals surface area contributed by atoms with Crippen LogP contribution in [-0.2, 0) is 23.0 Å². The first-order chi connectivity index (χ1) is 7.01. The second-order valence-corrected chi connectivity index (χ2v) is 5.30. The molecule has 84 valence electrons. The van der Waals surface area contributed by atoms with Crippen molar-refractivity contribution in [3.8, 4) is 0 Å². The molecule has 5 heteroatoms. The second-order valence-electron chi connectivity index (χ2n) is 3.46. The molecule has 0 radical (unpaired) electrons. The average molecular weight is 228 g/mol. The van der Waals surface area contributed by atoms with Gasteiger partial charge in [-0.2, -0.15) is 0 Å². The normalized spacial score (nSPS) is 11.6. The van der Waals surface area contributed by atoms with Gasteiger partial charge in [0, 0.05) is 5.69 Å². The van der Waals surface area contributed by atoms with Crippen LogP contribution in [0.15, 0.2) is 18.2 Å². The van der Waals surface area contributed by atoms with Gasteiger partial charge in [0.2, 0.25) is 10.0 Å². The molecular weight excluding hydrogens is 212 g/mol. The summed E-state index contributed by atoms with van der Waals surface area (Å²) in [6, 6.07) is 5.67. The number of nitrogens with one attached hydrogen (secondary N) is 1. The molecular formula is C10H16N2O2S. The van der Waals surface area contributed by atoms with Crippen molar-refractivity contribution in [1.29, 1.82) is 0 Å². The first-order valence-electron chi connectivity index (χ1n) is 4.90. The van der Waals surface area contributed by atoms with E-state index in [-0.39, 0.29) is 6.54 Å². The van der Waals surface area contributed by atoms with Crippen molar-refractivity contribution in [3.63, 3.8) is 0 Å². The fourth-order valence-corrected chi connectivity index (χ4v) is 1.64. The number of sulfonamides is 1. The third-order valence-corrected chi connectivity index (χ3v) is 2.55. The smallest absolute Gasteiger partial charge is 0.209 e. The molecule has 1 heterocycles. The Bertz CT molecular complexity index is 415. The predicted octanol–water partition coefficient (Wildman–Crippen LogP) is 1.08. The summed E-state index contributed by atoms with van der Waals surface area (Å²) in [4.78, 5) is 4.34. The Hall–Kier alpha value is -0.940. The molecule has 1 aromatic rings. The molecule has 0 aliphatic rings. The summed E-state index contributed by atoms with van der Waals surface area (Å²) in [5.41, 5.74) is 1.76. The molecule has 0 amide bonds. The van der Waals surface area contributed by atoms with Gasteiger partial charge in [-0.15, -0.1) is 0 Å². The highest BCUT2D eigenvalue weighted by molar-refractivity contribution is 7.88. The van der Waals surface area contributed by atoms with Crippen molar-refractivity contribution < 1.29 is 8.42 Å². The maximum Gasteiger partial charge on any atom is 0.209 e. The van der Waals surface area contributed by atoms with Crippen LogP contribution in [0.1, 0.15) is 24.7 Å². The van der Waals surface area contributed by atoms with E-state index in [0.29, 0.717) is 0 Å². The third-order valence-electron chi connectivity index (χ3n) is 1.89. The second kappa shape index (κ2) is 5.23. The van der Waals surface area contributed by atoms with Crippen molar-refractivity contribution in [1.82, 2.24) is 9.71 Å². The molecule has 0 aliphatic carbocycles. The zero-order valence-corrected chi connectivity index (χ0v) is 9.84.